The number of hydrogen-bond acceptors (Lipinski definition) is 1. The van der Waals surface area contributed by atoms with Gasteiger partial charge >= 0.3 is 0 Å². The lowest BCUT2D eigenvalue weighted by Crippen LogP contribution is -1.99. The molecule has 0 aromatic carbocycles. The Kier molecular flexibility index (Phi) is 24.7. The van der Waals surface area contributed by atoms with E-state index in [-0.39, 0.29) is 6.10 Å². The van der Waals surface area contributed by atoms with Crippen LogP contribution in [0.4, 0.5) is 0 Å². The van der Waals surface area contributed by atoms with E-state index >= 15 is 0 Å². The van der Waals surface area contributed by atoms with Crippen molar-refractivity contribution in [2.45, 2.75) is 61.0 Å². The van der Waals surface area contributed by atoms with Crippen molar-refractivity contribution in [1.82, 2.24) is 0 Å². The molecule has 12 heavy (non-hydrogen) atoms. The minimum atomic E-state index is 0.280. The van der Waals surface area contributed by atoms with Crippen LogP contribution < -0.4 is 0 Å². The van der Waals surface area contributed by atoms with Crippen LogP contribution in [0, 0.1) is 0 Å². The average molecular weight is 174 g/mol. The van der Waals surface area contributed by atoms with Crippen molar-refractivity contribution in [2.24, 2.45) is 0 Å². The zero-order chi connectivity index (χ0) is 10.6. The minimum absolute atomic E-state index is 0.280. The van der Waals surface area contributed by atoms with Crippen molar-refractivity contribution in [2.75, 3.05) is 0 Å². The minimum Gasteiger partial charge on any atom is -0.496 e. The van der Waals surface area contributed by atoms with Crippen LogP contribution in [-0.4, -0.2) is 6.10 Å². The van der Waals surface area contributed by atoms with E-state index in [2.05, 4.69) is 6.58 Å². The number of rotatable bonds is 3. The molecule has 0 bridgehead atoms. The summed E-state index contributed by atoms with van der Waals surface area (Å²) in [6.07, 6.45) is 1.19. The zero-order valence-electron chi connectivity index (χ0n) is 9.90. The van der Waals surface area contributed by atoms with E-state index < -0.39 is 0 Å². The number of hydrogen-bond donors (Lipinski definition) is 0. The van der Waals surface area contributed by atoms with Gasteiger partial charge in [0.05, 0.1) is 11.9 Å². The van der Waals surface area contributed by atoms with Gasteiger partial charge in [-0.15, -0.1) is 0 Å². The first-order chi connectivity index (χ1) is 5.66. The van der Waals surface area contributed by atoms with Crippen LogP contribution in [0.25, 0.3) is 0 Å². The van der Waals surface area contributed by atoms with Crippen LogP contribution >= 0.6 is 0 Å². The van der Waals surface area contributed by atoms with Crippen LogP contribution in [0.2, 0.25) is 0 Å². The predicted octanol–water partition coefficient (Wildman–Crippen LogP) is 4.39. The van der Waals surface area contributed by atoms with Crippen molar-refractivity contribution in [3.63, 3.8) is 0 Å². The lowest BCUT2D eigenvalue weighted by Gasteiger charge is -2.09. The Labute approximate surface area is 78.8 Å². The fourth-order valence-electron chi connectivity index (χ4n) is 0.417. The summed E-state index contributed by atoms with van der Waals surface area (Å²) >= 11 is 0. The maximum absolute atomic E-state index is 5.20. The van der Waals surface area contributed by atoms with Crippen molar-refractivity contribution in [3.05, 3.63) is 12.3 Å². The van der Waals surface area contributed by atoms with Crippen molar-refractivity contribution in [1.29, 1.82) is 0 Å². The predicted molar refractivity (Wildman–Crippen MR) is 58.3 cm³/mol. The lowest BCUT2D eigenvalue weighted by molar-refractivity contribution is 0.143. The highest BCUT2D eigenvalue weighted by Gasteiger charge is 1.92. The molecule has 0 aliphatic rings. The molecule has 0 saturated heterocycles. The van der Waals surface area contributed by atoms with Gasteiger partial charge in [0.25, 0.3) is 0 Å². The molecule has 0 N–H and O–H groups in total. The second kappa shape index (κ2) is 16.9. The molecule has 0 amide bonds. The molecule has 0 fully saturated rings. The summed E-state index contributed by atoms with van der Waals surface area (Å²) in [4.78, 5) is 0. The number of ether oxygens (including phenoxy) is 1. The summed E-state index contributed by atoms with van der Waals surface area (Å²) in [6.45, 7) is 17.7. The van der Waals surface area contributed by atoms with E-state index in [1.165, 1.54) is 0 Å². The molecule has 0 unspecified atom stereocenters. The Morgan fingerprint density at radius 1 is 1.17 bits per heavy atom. The third kappa shape index (κ3) is 22.7. The summed E-state index contributed by atoms with van der Waals surface area (Å²) in [5, 5.41) is 0. The highest BCUT2D eigenvalue weighted by atomic mass is 16.5. The Balaban J connectivity index is -0.000000175. The molecule has 0 aromatic rings. The van der Waals surface area contributed by atoms with E-state index in [1.54, 1.807) is 0 Å². The molecule has 0 saturated carbocycles. The van der Waals surface area contributed by atoms with Gasteiger partial charge in [-0.05, 0) is 13.8 Å². The first kappa shape index (κ1) is 17.6. The molecule has 0 aliphatic heterocycles. The first-order valence-electron chi connectivity index (χ1n) is 5.01. The van der Waals surface area contributed by atoms with Gasteiger partial charge in [-0.2, -0.15) is 0 Å². The Hall–Kier alpha value is -0.460. The molecule has 76 valence electrons. The van der Waals surface area contributed by atoms with E-state index in [0.717, 1.165) is 12.2 Å². The molecule has 1 nitrogen and oxygen atoms in total. The molecular formula is C11H26O. The number of allylic oxidation sites excluding steroid dienone is 1. The van der Waals surface area contributed by atoms with Gasteiger partial charge in [0, 0.05) is 6.42 Å². The maximum atomic E-state index is 5.20. The molecule has 0 radical (unpaired) electrons. The monoisotopic (exact) mass is 174 g/mol. The van der Waals surface area contributed by atoms with Crippen molar-refractivity contribution < 1.29 is 4.74 Å². The summed E-state index contributed by atoms with van der Waals surface area (Å²) in [7, 11) is 0. The van der Waals surface area contributed by atoms with Crippen molar-refractivity contribution in [3.8, 4) is 0 Å². The van der Waals surface area contributed by atoms with E-state index in [1.807, 2.05) is 48.5 Å². The summed E-state index contributed by atoms with van der Waals surface area (Å²) in [6, 6.07) is 0. The molecule has 0 heterocycles. The van der Waals surface area contributed by atoms with Crippen LogP contribution in [-0.2, 0) is 4.74 Å². The van der Waals surface area contributed by atoms with Crippen LogP contribution in [0.3, 0.4) is 0 Å². The molecule has 1 heteroatoms. The average Bonchev–Trinajstić information content (AvgIpc) is 2.10. The topological polar surface area (TPSA) is 9.23 Å². The van der Waals surface area contributed by atoms with Gasteiger partial charge in [0.2, 0.25) is 0 Å². The first-order valence-corrected chi connectivity index (χ1v) is 5.01. The zero-order valence-corrected chi connectivity index (χ0v) is 9.90. The fourth-order valence-corrected chi connectivity index (χ4v) is 0.417. The Morgan fingerprint density at radius 2 is 1.50 bits per heavy atom. The van der Waals surface area contributed by atoms with Crippen molar-refractivity contribution >= 4 is 0 Å². The highest BCUT2D eigenvalue weighted by molar-refractivity contribution is 4.80. The van der Waals surface area contributed by atoms with Gasteiger partial charge < -0.3 is 4.74 Å². The van der Waals surface area contributed by atoms with Gasteiger partial charge in [0.1, 0.15) is 0 Å². The molecule has 0 spiro atoms. The summed E-state index contributed by atoms with van der Waals surface area (Å²) < 4.78 is 5.20. The molecule has 0 aromatic heterocycles. The van der Waals surface area contributed by atoms with Gasteiger partial charge in [-0.25, -0.2) is 0 Å². The molecule has 0 aliphatic carbocycles. The SMILES string of the molecule is C=C(CC)OC(C)C.CC.CC. The summed E-state index contributed by atoms with van der Waals surface area (Å²) in [5.41, 5.74) is 0. The van der Waals surface area contributed by atoms with E-state index in [0.29, 0.717) is 0 Å². The Bertz CT molecular complexity index is 75.1. The standard InChI is InChI=1S/C7H14O.2C2H6/c1-5-7(4)8-6(2)3;2*1-2/h6H,4-5H2,1-3H3;2*1-2H3. The second-order valence-electron chi connectivity index (χ2n) is 2.06. The molecular weight excluding hydrogens is 148 g/mol. The van der Waals surface area contributed by atoms with Crippen LogP contribution in [0.15, 0.2) is 12.3 Å². The van der Waals surface area contributed by atoms with Crippen LogP contribution in [0.5, 0.6) is 0 Å². The quantitative estimate of drug-likeness (QED) is 0.577. The van der Waals surface area contributed by atoms with Gasteiger partial charge in [-0.3, -0.25) is 0 Å². The largest absolute Gasteiger partial charge is 0.496 e. The highest BCUT2D eigenvalue weighted by Crippen LogP contribution is 2.01. The molecule has 0 rings (SSSR count). The normalized spacial score (nSPS) is 7.33. The van der Waals surface area contributed by atoms with E-state index in [4.69, 9.17) is 4.74 Å². The maximum Gasteiger partial charge on any atom is 0.0926 e. The van der Waals surface area contributed by atoms with Gasteiger partial charge in [0.15, 0.2) is 0 Å². The third-order valence-electron chi connectivity index (χ3n) is 0.797. The fraction of sp³-hybridized carbons (Fsp3) is 0.818. The van der Waals surface area contributed by atoms with E-state index in [9.17, 15) is 0 Å². The lowest BCUT2D eigenvalue weighted by atomic mass is 10.4. The van der Waals surface area contributed by atoms with Crippen LogP contribution in [0.1, 0.15) is 54.9 Å². The Morgan fingerprint density at radius 3 is 1.58 bits per heavy atom. The smallest absolute Gasteiger partial charge is 0.0926 e. The summed E-state index contributed by atoms with van der Waals surface area (Å²) in [5.74, 6) is 0.875. The molecule has 0 atom stereocenters. The van der Waals surface area contributed by atoms with Gasteiger partial charge in [-0.1, -0.05) is 41.2 Å². The third-order valence-corrected chi connectivity index (χ3v) is 0.797. The second-order valence-corrected chi connectivity index (χ2v) is 2.06.